The molecule has 6 nitrogen and oxygen atoms in total. The Balaban J connectivity index is 0.880. The SMILES string of the molecule is c1ccc(-c2ccc(N(c3ccc4c(c3)N(c3ccccc3)c3cc(N(c5ccc6c7ccccc7n(-c7ccccc7)c6c5)c5ccccc5-c5ccccc5)cc5c3B4c3cc4c6cccc7c8ccccc8n(c4cc3N5c3ccccc3-c3ccccc3)c76)c3ccccc3-c3ccccc3)cc2)cc1. The highest BCUT2D eigenvalue weighted by atomic mass is 15.2. The summed E-state index contributed by atoms with van der Waals surface area (Å²) in [6, 6.07) is 151. The number of nitrogens with zero attached hydrogens (tertiary/aromatic N) is 6. The van der Waals surface area contributed by atoms with Crippen LogP contribution in [0.3, 0.4) is 0 Å². The Morgan fingerprint density at radius 3 is 1.31 bits per heavy atom. The van der Waals surface area contributed by atoms with Gasteiger partial charge in [-0.3, -0.25) is 0 Å². The number of benzene rings is 17. The summed E-state index contributed by atoms with van der Waals surface area (Å²) in [5.74, 6) is 0. The van der Waals surface area contributed by atoms with E-state index in [-0.39, 0.29) is 6.71 Å². The molecule has 17 aromatic carbocycles. The molecule has 2 aliphatic heterocycles. The minimum absolute atomic E-state index is 0.280. The topological polar surface area (TPSA) is 22.3 Å². The van der Waals surface area contributed by atoms with Gasteiger partial charge in [-0.25, -0.2) is 0 Å². The maximum atomic E-state index is 2.64. The van der Waals surface area contributed by atoms with Crippen molar-refractivity contribution in [1.82, 2.24) is 8.97 Å². The van der Waals surface area contributed by atoms with E-state index in [1.807, 2.05) is 0 Å². The summed E-state index contributed by atoms with van der Waals surface area (Å²) >= 11 is 0. The van der Waals surface area contributed by atoms with Crippen LogP contribution < -0.4 is 36.0 Å². The molecule has 22 rings (SSSR count). The third-order valence-electron chi connectivity index (χ3n) is 22.8. The standard InChI is InChI=1S/C102H67BN6/c1-7-30-68(31-8-1)69-54-56-75(57-55-69)104(90-49-24-19-42-79(90)70-32-9-2-10-33-70)77-59-61-88-97(63-77)107(74-40-17-6-18-41-74)99-64-78(105(91-50-25-20-43-80(91)71-34-11-3-12-35-71)76-58-60-84-82-45-22-27-52-93(82)106(95(84)62-76)73-38-15-5-16-39-73)65-100-101(99)103(88)89-66-87-86-48-29-47-85-83-46-23-28-53-94(83)109(102(85)86)96(87)67-98(89)108(100)92-51-26-21-44-81(92)72-36-13-4-14-37-72/h1-67H. The van der Waals surface area contributed by atoms with Gasteiger partial charge in [-0.05, 0) is 153 Å². The first-order chi connectivity index (χ1) is 54.1. The summed E-state index contributed by atoms with van der Waals surface area (Å²) < 4.78 is 4.99. The predicted molar refractivity (Wildman–Crippen MR) is 461 cm³/mol. The van der Waals surface area contributed by atoms with Crippen molar-refractivity contribution in [2.24, 2.45) is 0 Å². The molecule has 0 radical (unpaired) electrons. The van der Waals surface area contributed by atoms with Gasteiger partial charge in [-0.1, -0.05) is 297 Å². The molecular weight excluding hydrogens is 1320 g/mol. The summed E-state index contributed by atoms with van der Waals surface area (Å²) in [6.07, 6.45) is 0. The number of hydrogen-bond acceptors (Lipinski definition) is 4. The second-order valence-corrected chi connectivity index (χ2v) is 28.7. The summed E-state index contributed by atoms with van der Waals surface area (Å²) in [7, 11) is 0. The van der Waals surface area contributed by atoms with Crippen LogP contribution in [0, 0.1) is 0 Å². The lowest BCUT2D eigenvalue weighted by atomic mass is 9.33. The lowest BCUT2D eigenvalue weighted by Crippen LogP contribution is -2.61. The third-order valence-corrected chi connectivity index (χ3v) is 22.8. The molecule has 508 valence electrons. The van der Waals surface area contributed by atoms with Crippen LogP contribution in [-0.2, 0) is 0 Å². The second-order valence-electron chi connectivity index (χ2n) is 28.7. The van der Waals surface area contributed by atoms with E-state index in [1.165, 1.54) is 65.3 Å². The molecule has 7 heteroatoms. The maximum absolute atomic E-state index is 2.64. The quantitative estimate of drug-likeness (QED) is 0.107. The van der Waals surface area contributed by atoms with Crippen molar-refractivity contribution in [3.63, 3.8) is 0 Å². The lowest BCUT2D eigenvalue weighted by Gasteiger charge is -2.45. The van der Waals surface area contributed by atoms with Crippen molar-refractivity contribution in [3.8, 4) is 50.2 Å². The minimum Gasteiger partial charge on any atom is -0.311 e. The van der Waals surface area contributed by atoms with E-state index in [1.54, 1.807) is 0 Å². The third kappa shape index (κ3) is 9.84. The average Bonchev–Trinajstić information content (AvgIpc) is 1.64. The highest BCUT2D eigenvalue weighted by molar-refractivity contribution is 7.00. The second kappa shape index (κ2) is 25.2. The lowest BCUT2D eigenvalue weighted by molar-refractivity contribution is 1.18. The molecule has 0 bridgehead atoms. The van der Waals surface area contributed by atoms with E-state index in [4.69, 9.17) is 0 Å². The Hall–Kier alpha value is -14.4. The van der Waals surface area contributed by atoms with Crippen molar-refractivity contribution in [3.05, 3.63) is 406 Å². The number of rotatable bonds is 13. The Morgan fingerprint density at radius 2 is 0.661 bits per heavy atom. The van der Waals surface area contributed by atoms with Gasteiger partial charge in [-0.15, -0.1) is 0 Å². The van der Waals surface area contributed by atoms with Gasteiger partial charge in [0.2, 0.25) is 0 Å². The fraction of sp³-hybridized carbons (Fsp3) is 0. The molecule has 0 atom stereocenters. The molecule has 0 spiro atoms. The molecule has 109 heavy (non-hydrogen) atoms. The molecule has 2 aliphatic rings. The number of hydrogen-bond donors (Lipinski definition) is 0. The normalized spacial score (nSPS) is 12.3. The van der Waals surface area contributed by atoms with Crippen molar-refractivity contribution in [1.29, 1.82) is 0 Å². The van der Waals surface area contributed by atoms with Gasteiger partial charge >= 0.3 is 0 Å². The van der Waals surface area contributed by atoms with Gasteiger partial charge in [0.05, 0.1) is 50.3 Å². The van der Waals surface area contributed by atoms with Gasteiger partial charge in [0.15, 0.2) is 0 Å². The summed E-state index contributed by atoms with van der Waals surface area (Å²) in [4.78, 5) is 10.3. The highest BCUT2D eigenvalue weighted by Gasteiger charge is 2.46. The zero-order valence-electron chi connectivity index (χ0n) is 59.4. The number of anilines is 12. The minimum atomic E-state index is -0.280. The fourth-order valence-electron chi connectivity index (χ4n) is 18.1. The first kappa shape index (κ1) is 62.0. The molecule has 0 unspecified atom stereocenters. The van der Waals surface area contributed by atoms with Gasteiger partial charge in [0.1, 0.15) is 0 Å². The average molecular weight is 1390 g/mol. The first-order valence-electron chi connectivity index (χ1n) is 37.6. The number of fused-ring (bicyclic) bond motifs is 13. The summed E-state index contributed by atoms with van der Waals surface area (Å²) in [5.41, 5.74) is 32.4. The Morgan fingerprint density at radius 1 is 0.220 bits per heavy atom. The van der Waals surface area contributed by atoms with Crippen molar-refractivity contribution in [2.45, 2.75) is 0 Å². The van der Waals surface area contributed by atoms with Crippen molar-refractivity contribution >= 4 is 151 Å². The number of para-hydroxylation sites is 8. The molecule has 20 aromatic rings. The van der Waals surface area contributed by atoms with Crippen LogP contribution in [-0.4, -0.2) is 15.7 Å². The molecule has 3 aromatic heterocycles. The first-order valence-corrected chi connectivity index (χ1v) is 37.6. The zero-order chi connectivity index (χ0) is 71.6. The summed E-state index contributed by atoms with van der Waals surface area (Å²) in [6.45, 7) is -0.280. The molecule has 0 fully saturated rings. The van der Waals surface area contributed by atoms with E-state index in [2.05, 4.69) is 435 Å². The van der Waals surface area contributed by atoms with Crippen LogP contribution in [0.2, 0.25) is 0 Å². The van der Waals surface area contributed by atoms with E-state index < -0.39 is 0 Å². The van der Waals surface area contributed by atoms with Gasteiger partial charge in [0, 0.05) is 100 Å². The van der Waals surface area contributed by atoms with Crippen LogP contribution in [0.4, 0.5) is 68.2 Å². The number of aromatic nitrogens is 2. The van der Waals surface area contributed by atoms with Gasteiger partial charge in [-0.2, -0.15) is 0 Å². The maximum Gasteiger partial charge on any atom is 0.252 e. The van der Waals surface area contributed by atoms with Crippen LogP contribution in [0.15, 0.2) is 406 Å². The monoisotopic (exact) mass is 1390 g/mol. The van der Waals surface area contributed by atoms with Gasteiger partial charge < -0.3 is 28.6 Å². The van der Waals surface area contributed by atoms with Crippen LogP contribution in [0.5, 0.6) is 0 Å². The summed E-state index contributed by atoms with van der Waals surface area (Å²) in [5, 5.41) is 7.35. The molecule has 0 aliphatic carbocycles. The van der Waals surface area contributed by atoms with Crippen LogP contribution in [0.1, 0.15) is 0 Å². The smallest absolute Gasteiger partial charge is 0.252 e. The predicted octanol–water partition coefficient (Wildman–Crippen LogP) is 25.6. The molecule has 0 amide bonds. The Bertz CT molecular complexity index is 6920. The van der Waals surface area contributed by atoms with Crippen molar-refractivity contribution in [2.75, 3.05) is 19.6 Å². The molecular formula is C102H67BN6. The Kier molecular flexibility index (Phi) is 14.3. The van der Waals surface area contributed by atoms with E-state index >= 15 is 0 Å². The van der Waals surface area contributed by atoms with Crippen LogP contribution >= 0.6 is 0 Å². The van der Waals surface area contributed by atoms with E-state index in [9.17, 15) is 0 Å². The fourth-order valence-corrected chi connectivity index (χ4v) is 18.1. The largest absolute Gasteiger partial charge is 0.311 e. The Labute approximate surface area is 632 Å². The van der Waals surface area contributed by atoms with Crippen molar-refractivity contribution < 1.29 is 0 Å². The van der Waals surface area contributed by atoms with E-state index in [0.29, 0.717) is 0 Å². The molecule has 5 heterocycles. The molecule has 0 saturated carbocycles. The van der Waals surface area contributed by atoms with E-state index in [0.717, 1.165) is 129 Å². The van der Waals surface area contributed by atoms with Crippen LogP contribution in [0.25, 0.3) is 110 Å². The molecule has 0 saturated heterocycles. The van der Waals surface area contributed by atoms with Gasteiger partial charge in [0.25, 0.3) is 6.71 Å². The molecule has 0 N–H and O–H groups in total. The zero-order valence-corrected chi connectivity index (χ0v) is 59.4. The highest BCUT2D eigenvalue weighted by Crippen LogP contribution is 2.54.